The standard InChI is InChI=1S/C12H14N4O2S/c13-12-7-11(10-3-1-2-5-14-10)15-16(12)9-4-6-19(17,18)8-9/h1-3,5,7,9H,4,6,8,13H2. The van der Waals surface area contributed by atoms with E-state index in [0.29, 0.717) is 17.9 Å². The van der Waals surface area contributed by atoms with Gasteiger partial charge < -0.3 is 5.73 Å². The SMILES string of the molecule is Nc1cc(-c2ccccn2)nn1C1CCS(=O)(=O)C1. The molecule has 100 valence electrons. The molecule has 0 aliphatic carbocycles. The molecule has 2 aromatic heterocycles. The van der Waals surface area contributed by atoms with Crippen LogP contribution in [0.3, 0.4) is 0 Å². The molecule has 2 aromatic rings. The molecule has 6 nitrogen and oxygen atoms in total. The molecule has 1 aliphatic heterocycles. The summed E-state index contributed by atoms with van der Waals surface area (Å²) >= 11 is 0. The van der Waals surface area contributed by atoms with Crippen molar-refractivity contribution in [2.24, 2.45) is 0 Å². The monoisotopic (exact) mass is 278 g/mol. The third-order valence-corrected chi connectivity index (χ3v) is 5.00. The van der Waals surface area contributed by atoms with Crippen LogP contribution in [0.4, 0.5) is 5.82 Å². The Morgan fingerprint density at radius 2 is 2.16 bits per heavy atom. The fourth-order valence-corrected chi connectivity index (χ4v) is 4.00. The summed E-state index contributed by atoms with van der Waals surface area (Å²) in [6.45, 7) is 0. The van der Waals surface area contributed by atoms with E-state index < -0.39 is 9.84 Å². The predicted molar refractivity (Wildman–Crippen MR) is 72.2 cm³/mol. The molecule has 3 heterocycles. The molecule has 7 heteroatoms. The molecule has 0 bridgehead atoms. The van der Waals surface area contributed by atoms with Crippen LogP contribution in [0.25, 0.3) is 11.4 Å². The van der Waals surface area contributed by atoms with Gasteiger partial charge in [-0.25, -0.2) is 13.1 Å². The second-order valence-corrected chi connectivity index (χ2v) is 6.90. The Balaban J connectivity index is 1.95. The number of rotatable bonds is 2. The first-order valence-corrected chi connectivity index (χ1v) is 7.84. The van der Waals surface area contributed by atoms with E-state index in [4.69, 9.17) is 5.73 Å². The van der Waals surface area contributed by atoms with Crippen molar-refractivity contribution in [1.29, 1.82) is 0 Å². The van der Waals surface area contributed by atoms with Gasteiger partial charge in [-0.1, -0.05) is 6.07 Å². The molecule has 2 N–H and O–H groups in total. The van der Waals surface area contributed by atoms with Crippen molar-refractivity contribution in [2.45, 2.75) is 12.5 Å². The number of pyridine rings is 1. The lowest BCUT2D eigenvalue weighted by molar-refractivity contribution is 0.508. The van der Waals surface area contributed by atoms with Gasteiger partial charge >= 0.3 is 0 Å². The molecular weight excluding hydrogens is 264 g/mol. The number of hydrogen-bond donors (Lipinski definition) is 1. The Kier molecular flexibility index (Phi) is 2.78. The van der Waals surface area contributed by atoms with E-state index in [-0.39, 0.29) is 17.5 Å². The molecule has 0 radical (unpaired) electrons. The number of aromatic nitrogens is 3. The minimum absolute atomic E-state index is 0.112. The highest BCUT2D eigenvalue weighted by molar-refractivity contribution is 7.91. The molecule has 0 aromatic carbocycles. The third-order valence-electron chi connectivity index (χ3n) is 3.25. The highest BCUT2D eigenvalue weighted by Gasteiger charge is 2.31. The zero-order chi connectivity index (χ0) is 13.5. The number of sulfone groups is 1. The summed E-state index contributed by atoms with van der Waals surface area (Å²) in [5, 5.41) is 4.39. The quantitative estimate of drug-likeness (QED) is 0.880. The van der Waals surface area contributed by atoms with Crippen LogP contribution in [0.1, 0.15) is 12.5 Å². The highest BCUT2D eigenvalue weighted by Crippen LogP contribution is 2.28. The van der Waals surface area contributed by atoms with Gasteiger partial charge in [-0.3, -0.25) is 4.98 Å². The van der Waals surface area contributed by atoms with Gasteiger partial charge in [0.2, 0.25) is 0 Å². The molecule has 0 spiro atoms. The number of nitrogens with two attached hydrogens (primary N) is 1. The fourth-order valence-electron chi connectivity index (χ4n) is 2.31. The van der Waals surface area contributed by atoms with Crippen LogP contribution in [0.5, 0.6) is 0 Å². The van der Waals surface area contributed by atoms with Crippen molar-refractivity contribution in [3.8, 4) is 11.4 Å². The molecule has 1 saturated heterocycles. The van der Waals surface area contributed by atoms with E-state index in [9.17, 15) is 8.42 Å². The Labute approximate surface area is 111 Å². The normalized spacial score (nSPS) is 21.6. The molecule has 0 saturated carbocycles. The fraction of sp³-hybridized carbons (Fsp3) is 0.333. The number of hydrogen-bond acceptors (Lipinski definition) is 5. The lowest BCUT2D eigenvalue weighted by Gasteiger charge is -2.09. The Morgan fingerprint density at radius 3 is 2.79 bits per heavy atom. The Bertz CT molecular complexity index is 694. The zero-order valence-corrected chi connectivity index (χ0v) is 11.0. The molecular formula is C12H14N4O2S. The van der Waals surface area contributed by atoms with E-state index >= 15 is 0 Å². The molecule has 1 unspecified atom stereocenters. The zero-order valence-electron chi connectivity index (χ0n) is 10.2. The average Bonchev–Trinajstić information content (AvgIpc) is 2.93. The van der Waals surface area contributed by atoms with E-state index in [0.717, 1.165) is 5.69 Å². The molecule has 1 fully saturated rings. The van der Waals surface area contributed by atoms with Gasteiger partial charge in [-0.2, -0.15) is 5.10 Å². The van der Waals surface area contributed by atoms with Crippen LogP contribution in [-0.2, 0) is 9.84 Å². The molecule has 19 heavy (non-hydrogen) atoms. The van der Waals surface area contributed by atoms with Gasteiger partial charge in [0.05, 0.1) is 23.2 Å². The van der Waals surface area contributed by atoms with Gasteiger partial charge in [0.15, 0.2) is 9.84 Å². The van der Waals surface area contributed by atoms with Crippen LogP contribution in [0.15, 0.2) is 30.5 Å². The van der Waals surface area contributed by atoms with Gasteiger partial charge in [0.1, 0.15) is 11.5 Å². The first-order valence-electron chi connectivity index (χ1n) is 6.02. The summed E-state index contributed by atoms with van der Waals surface area (Å²) in [5.41, 5.74) is 7.32. The summed E-state index contributed by atoms with van der Waals surface area (Å²) in [6.07, 6.45) is 2.25. The molecule has 1 atom stereocenters. The average molecular weight is 278 g/mol. The van der Waals surface area contributed by atoms with Crippen molar-refractivity contribution < 1.29 is 8.42 Å². The van der Waals surface area contributed by atoms with Crippen LogP contribution < -0.4 is 5.73 Å². The van der Waals surface area contributed by atoms with Crippen molar-refractivity contribution in [3.05, 3.63) is 30.5 Å². The van der Waals surface area contributed by atoms with Gasteiger partial charge in [0.25, 0.3) is 0 Å². The lowest BCUT2D eigenvalue weighted by atomic mass is 10.2. The van der Waals surface area contributed by atoms with Crippen LogP contribution in [-0.4, -0.2) is 34.7 Å². The van der Waals surface area contributed by atoms with E-state index in [1.165, 1.54) is 0 Å². The van der Waals surface area contributed by atoms with Crippen molar-refractivity contribution >= 4 is 15.7 Å². The maximum Gasteiger partial charge on any atom is 0.152 e. The molecule has 1 aliphatic rings. The Hall–Kier alpha value is -1.89. The largest absolute Gasteiger partial charge is 0.384 e. The number of anilines is 1. The minimum atomic E-state index is -2.95. The van der Waals surface area contributed by atoms with E-state index in [1.807, 2.05) is 18.2 Å². The summed E-state index contributed by atoms with van der Waals surface area (Å²) in [6, 6.07) is 7.11. The smallest absolute Gasteiger partial charge is 0.152 e. The summed E-state index contributed by atoms with van der Waals surface area (Å²) in [7, 11) is -2.95. The van der Waals surface area contributed by atoms with Gasteiger partial charge in [0, 0.05) is 12.3 Å². The van der Waals surface area contributed by atoms with Crippen molar-refractivity contribution in [3.63, 3.8) is 0 Å². The summed E-state index contributed by atoms with van der Waals surface area (Å²) in [4.78, 5) is 4.21. The highest BCUT2D eigenvalue weighted by atomic mass is 32.2. The van der Waals surface area contributed by atoms with Crippen LogP contribution in [0, 0.1) is 0 Å². The minimum Gasteiger partial charge on any atom is -0.384 e. The van der Waals surface area contributed by atoms with Gasteiger partial charge in [-0.15, -0.1) is 0 Å². The second kappa shape index (κ2) is 4.34. The molecule has 0 amide bonds. The van der Waals surface area contributed by atoms with Gasteiger partial charge in [-0.05, 0) is 18.6 Å². The lowest BCUT2D eigenvalue weighted by Crippen LogP contribution is -2.14. The topological polar surface area (TPSA) is 90.9 Å². The van der Waals surface area contributed by atoms with E-state index in [2.05, 4.69) is 10.1 Å². The Morgan fingerprint density at radius 1 is 1.32 bits per heavy atom. The van der Waals surface area contributed by atoms with Crippen LogP contribution in [0.2, 0.25) is 0 Å². The second-order valence-electron chi connectivity index (χ2n) is 4.67. The van der Waals surface area contributed by atoms with Crippen molar-refractivity contribution in [1.82, 2.24) is 14.8 Å². The maximum absolute atomic E-state index is 11.5. The number of nitrogen functional groups attached to an aromatic ring is 1. The summed E-state index contributed by atoms with van der Waals surface area (Å²) in [5.74, 6) is 0.791. The first-order chi connectivity index (χ1) is 9.05. The van der Waals surface area contributed by atoms with Crippen molar-refractivity contribution in [2.75, 3.05) is 17.2 Å². The van der Waals surface area contributed by atoms with E-state index in [1.54, 1.807) is 16.9 Å². The first kappa shape index (κ1) is 12.2. The maximum atomic E-state index is 11.5. The number of nitrogens with zero attached hydrogens (tertiary/aromatic N) is 3. The predicted octanol–water partition coefficient (Wildman–Crippen LogP) is 0.887. The summed E-state index contributed by atoms with van der Waals surface area (Å²) < 4.78 is 24.6. The third kappa shape index (κ3) is 2.33. The molecule has 3 rings (SSSR count). The van der Waals surface area contributed by atoms with Crippen LogP contribution >= 0.6 is 0 Å².